The lowest BCUT2D eigenvalue weighted by atomic mass is 10.2. The van der Waals surface area contributed by atoms with Crippen molar-refractivity contribution in [2.75, 3.05) is 0 Å². The maximum atomic E-state index is 10.5. The van der Waals surface area contributed by atoms with Crippen LogP contribution in [0.1, 0.15) is 0 Å². The SMILES string of the molecule is O=C1N=C[C@@H]2ON=C[C@@H]2O1. The molecular formula is C5H4N2O3. The van der Waals surface area contributed by atoms with Crippen molar-refractivity contribution < 1.29 is 14.4 Å². The Balaban J connectivity index is 2.22. The molecule has 1 amide bonds. The van der Waals surface area contributed by atoms with Crippen LogP contribution in [0.15, 0.2) is 10.1 Å². The van der Waals surface area contributed by atoms with Crippen LogP contribution in [0, 0.1) is 0 Å². The van der Waals surface area contributed by atoms with Crippen molar-refractivity contribution in [1.82, 2.24) is 0 Å². The minimum Gasteiger partial charge on any atom is -0.434 e. The van der Waals surface area contributed by atoms with Crippen LogP contribution in [0.3, 0.4) is 0 Å². The molecule has 2 aliphatic heterocycles. The molecule has 2 atom stereocenters. The van der Waals surface area contributed by atoms with E-state index in [1.165, 1.54) is 12.4 Å². The molecule has 2 aliphatic rings. The van der Waals surface area contributed by atoms with Crippen molar-refractivity contribution in [2.24, 2.45) is 10.1 Å². The Morgan fingerprint density at radius 2 is 2.30 bits per heavy atom. The summed E-state index contributed by atoms with van der Waals surface area (Å²) in [6, 6.07) is 0. The topological polar surface area (TPSA) is 60.2 Å². The van der Waals surface area contributed by atoms with Gasteiger partial charge in [0.15, 0.2) is 6.10 Å². The Bertz CT molecular complexity index is 223. The smallest absolute Gasteiger partial charge is 0.434 e. The van der Waals surface area contributed by atoms with Gasteiger partial charge in [-0.05, 0) is 0 Å². The van der Waals surface area contributed by atoms with Gasteiger partial charge in [0.2, 0.25) is 6.10 Å². The standard InChI is InChI=1S/C5H4N2O3/c8-5-6-1-4-3(9-5)2-7-10-4/h1-4H/t3-,4-/m0/s1. The van der Waals surface area contributed by atoms with E-state index in [4.69, 9.17) is 9.57 Å². The number of aliphatic imine (C=N–C) groups is 1. The molecule has 0 unspecified atom stereocenters. The lowest BCUT2D eigenvalue weighted by Crippen LogP contribution is -2.34. The van der Waals surface area contributed by atoms with E-state index in [1.807, 2.05) is 0 Å². The number of ether oxygens (including phenoxy) is 1. The van der Waals surface area contributed by atoms with Crippen LogP contribution in [-0.4, -0.2) is 30.7 Å². The van der Waals surface area contributed by atoms with Gasteiger partial charge in [-0.3, -0.25) is 0 Å². The molecule has 0 saturated heterocycles. The fraction of sp³-hybridized carbons (Fsp3) is 0.400. The Kier molecular flexibility index (Phi) is 0.969. The van der Waals surface area contributed by atoms with Crippen LogP contribution in [-0.2, 0) is 9.57 Å². The van der Waals surface area contributed by atoms with E-state index in [-0.39, 0.29) is 12.2 Å². The average molecular weight is 140 g/mol. The van der Waals surface area contributed by atoms with Crippen LogP contribution in [0.5, 0.6) is 0 Å². The van der Waals surface area contributed by atoms with Gasteiger partial charge in [-0.15, -0.1) is 0 Å². The minimum atomic E-state index is -0.585. The molecule has 52 valence electrons. The highest BCUT2D eigenvalue weighted by Gasteiger charge is 2.31. The number of carbonyl (C=O) groups excluding carboxylic acids is 1. The normalized spacial score (nSPS) is 35.0. The zero-order chi connectivity index (χ0) is 6.97. The molecule has 0 aliphatic carbocycles. The molecule has 0 radical (unpaired) electrons. The van der Waals surface area contributed by atoms with Gasteiger partial charge in [-0.25, -0.2) is 4.79 Å². The van der Waals surface area contributed by atoms with Gasteiger partial charge in [-0.2, -0.15) is 4.99 Å². The Hall–Kier alpha value is -1.39. The van der Waals surface area contributed by atoms with Crippen molar-refractivity contribution in [3.05, 3.63) is 0 Å². The first-order valence-corrected chi connectivity index (χ1v) is 2.80. The number of fused-ring (bicyclic) bond motifs is 1. The van der Waals surface area contributed by atoms with E-state index in [0.29, 0.717) is 0 Å². The highest BCUT2D eigenvalue weighted by molar-refractivity contribution is 5.89. The quantitative estimate of drug-likeness (QED) is 0.474. The highest BCUT2D eigenvalue weighted by atomic mass is 16.7. The summed E-state index contributed by atoms with van der Waals surface area (Å²) >= 11 is 0. The molecule has 5 nitrogen and oxygen atoms in total. The number of nitrogens with zero attached hydrogens (tertiary/aromatic N) is 2. The summed E-state index contributed by atoms with van der Waals surface area (Å²) in [5.74, 6) is 0. The summed E-state index contributed by atoms with van der Waals surface area (Å²) in [5, 5.41) is 3.47. The van der Waals surface area contributed by atoms with Gasteiger partial charge in [0.25, 0.3) is 0 Å². The van der Waals surface area contributed by atoms with E-state index >= 15 is 0 Å². The molecule has 10 heavy (non-hydrogen) atoms. The fourth-order valence-corrected chi connectivity index (χ4v) is 0.801. The first kappa shape index (κ1) is 5.40. The second-order valence-electron chi connectivity index (χ2n) is 1.95. The molecule has 2 rings (SSSR count). The van der Waals surface area contributed by atoms with Gasteiger partial charge in [-0.1, -0.05) is 5.16 Å². The largest absolute Gasteiger partial charge is 0.434 e. The van der Waals surface area contributed by atoms with E-state index in [0.717, 1.165) is 0 Å². The third-order valence-corrected chi connectivity index (χ3v) is 1.28. The van der Waals surface area contributed by atoms with Crippen molar-refractivity contribution in [1.29, 1.82) is 0 Å². The van der Waals surface area contributed by atoms with Gasteiger partial charge in [0.05, 0.1) is 12.4 Å². The van der Waals surface area contributed by atoms with Crippen LogP contribution in [0.4, 0.5) is 4.79 Å². The molecule has 0 aromatic heterocycles. The number of carbonyl (C=O) groups is 1. The second-order valence-corrected chi connectivity index (χ2v) is 1.95. The zero-order valence-electron chi connectivity index (χ0n) is 4.93. The van der Waals surface area contributed by atoms with Gasteiger partial charge in [0, 0.05) is 0 Å². The summed E-state index contributed by atoms with van der Waals surface area (Å²) in [6.07, 6.45) is 1.57. The monoisotopic (exact) mass is 140 g/mol. The first-order chi connectivity index (χ1) is 4.86. The number of rotatable bonds is 0. The average Bonchev–Trinajstić information content (AvgIpc) is 2.33. The third-order valence-electron chi connectivity index (χ3n) is 1.28. The Morgan fingerprint density at radius 1 is 1.40 bits per heavy atom. The molecule has 0 aromatic rings. The maximum absolute atomic E-state index is 10.5. The Morgan fingerprint density at radius 3 is 3.20 bits per heavy atom. The molecule has 0 saturated carbocycles. The second kappa shape index (κ2) is 1.80. The number of hydrogen-bond donors (Lipinski definition) is 0. The number of amides is 1. The summed E-state index contributed by atoms with van der Waals surface area (Å²) in [7, 11) is 0. The molecule has 0 fully saturated rings. The lowest BCUT2D eigenvalue weighted by molar-refractivity contribution is 0.0474. The molecule has 0 spiro atoms. The van der Waals surface area contributed by atoms with E-state index < -0.39 is 6.09 Å². The molecule has 2 heterocycles. The molecular weight excluding hydrogens is 136 g/mol. The first-order valence-electron chi connectivity index (χ1n) is 2.80. The fourth-order valence-electron chi connectivity index (χ4n) is 0.801. The van der Waals surface area contributed by atoms with E-state index in [2.05, 4.69) is 10.1 Å². The van der Waals surface area contributed by atoms with Crippen molar-refractivity contribution in [2.45, 2.75) is 12.2 Å². The van der Waals surface area contributed by atoms with Gasteiger partial charge in [0.1, 0.15) is 0 Å². The van der Waals surface area contributed by atoms with Crippen LogP contribution < -0.4 is 0 Å². The Labute approximate surface area is 56.3 Å². The van der Waals surface area contributed by atoms with Gasteiger partial charge < -0.3 is 9.57 Å². The summed E-state index contributed by atoms with van der Waals surface area (Å²) < 4.78 is 4.70. The van der Waals surface area contributed by atoms with Crippen LogP contribution in [0.25, 0.3) is 0 Å². The molecule has 0 aromatic carbocycles. The molecule has 0 N–H and O–H groups in total. The van der Waals surface area contributed by atoms with Gasteiger partial charge >= 0.3 is 6.09 Å². The van der Waals surface area contributed by atoms with E-state index in [1.54, 1.807) is 0 Å². The summed E-state index contributed by atoms with van der Waals surface area (Å²) in [4.78, 5) is 18.6. The van der Waals surface area contributed by atoms with Crippen LogP contribution >= 0.6 is 0 Å². The highest BCUT2D eigenvalue weighted by Crippen LogP contribution is 2.12. The zero-order valence-corrected chi connectivity index (χ0v) is 4.93. The number of oxime groups is 1. The molecule has 5 heteroatoms. The maximum Gasteiger partial charge on any atom is 0.434 e. The van der Waals surface area contributed by atoms with Crippen molar-refractivity contribution in [3.63, 3.8) is 0 Å². The lowest BCUT2D eigenvalue weighted by Gasteiger charge is -2.14. The predicted octanol–water partition coefficient (Wildman–Crippen LogP) is -0.0394. The van der Waals surface area contributed by atoms with Crippen molar-refractivity contribution >= 4 is 18.5 Å². The van der Waals surface area contributed by atoms with E-state index in [9.17, 15) is 4.79 Å². The van der Waals surface area contributed by atoms with Crippen molar-refractivity contribution in [3.8, 4) is 0 Å². The van der Waals surface area contributed by atoms with Crippen LogP contribution in [0.2, 0.25) is 0 Å². The predicted molar refractivity (Wildman–Crippen MR) is 32.1 cm³/mol. The minimum absolute atomic E-state index is 0.308. The molecule has 0 bridgehead atoms. The summed E-state index contributed by atoms with van der Waals surface area (Å²) in [6.45, 7) is 0. The number of hydrogen-bond acceptors (Lipinski definition) is 4. The summed E-state index contributed by atoms with van der Waals surface area (Å²) in [5.41, 5.74) is 0. The third kappa shape index (κ3) is 0.671.